The first-order valence-corrected chi connectivity index (χ1v) is 11.5. The van der Waals surface area contributed by atoms with Gasteiger partial charge in [-0.25, -0.2) is 18.8 Å². The van der Waals surface area contributed by atoms with E-state index in [9.17, 15) is 13.6 Å². The molecule has 6 nitrogen and oxygen atoms in total. The summed E-state index contributed by atoms with van der Waals surface area (Å²) in [6.45, 7) is 1.46. The minimum Gasteiger partial charge on any atom is -0.399 e. The first kappa shape index (κ1) is 21.9. The molecule has 36 heavy (non-hydrogen) atoms. The average molecular weight is 482 g/mol. The first-order valence-electron chi connectivity index (χ1n) is 11.5. The standard InChI is InChI=1S/C28H21F2N5O/c1-15(36)35-26(14-24(34-35)16-6-9-18(31)10-7-16)25-13-20-19-4-2-3-5-23(19)32-28(20)27(33-25)17-8-11-21(29)22(30)12-17/h2-13,26,32H,14,31H2,1H3. The summed E-state index contributed by atoms with van der Waals surface area (Å²) in [6.07, 6.45) is 0.446. The Hall–Kier alpha value is -4.59. The van der Waals surface area contributed by atoms with Gasteiger partial charge in [0.25, 0.3) is 0 Å². The number of fused-ring (bicyclic) bond motifs is 3. The van der Waals surface area contributed by atoms with E-state index in [2.05, 4.69) is 10.1 Å². The molecule has 178 valence electrons. The monoisotopic (exact) mass is 481 g/mol. The Morgan fingerprint density at radius 3 is 2.47 bits per heavy atom. The fraction of sp³-hybridized carbons (Fsp3) is 0.107. The van der Waals surface area contributed by atoms with Gasteiger partial charge in [-0.2, -0.15) is 5.10 Å². The fourth-order valence-corrected chi connectivity index (χ4v) is 4.77. The number of nitrogens with two attached hydrogens (primary N) is 1. The Bertz CT molecular complexity index is 1690. The van der Waals surface area contributed by atoms with Crippen molar-refractivity contribution in [1.29, 1.82) is 0 Å². The maximum Gasteiger partial charge on any atom is 0.240 e. The minimum atomic E-state index is -0.954. The normalized spacial score (nSPS) is 15.6. The number of para-hydroxylation sites is 1. The number of hydrogen-bond donors (Lipinski definition) is 2. The highest BCUT2D eigenvalue weighted by molar-refractivity contribution is 6.11. The summed E-state index contributed by atoms with van der Waals surface area (Å²) in [5, 5.41) is 7.88. The molecule has 3 heterocycles. The SMILES string of the molecule is CC(=O)N1N=C(c2ccc(N)cc2)CC1c1cc2c([nH]c3ccccc32)c(-c2ccc(F)c(F)c2)n1. The largest absolute Gasteiger partial charge is 0.399 e. The molecule has 0 aliphatic carbocycles. The highest BCUT2D eigenvalue weighted by Gasteiger charge is 2.33. The number of carbonyl (C=O) groups excluding carboxylic acids is 1. The van der Waals surface area contributed by atoms with E-state index in [1.807, 2.05) is 42.5 Å². The van der Waals surface area contributed by atoms with Crippen molar-refractivity contribution >= 4 is 39.1 Å². The van der Waals surface area contributed by atoms with E-state index in [-0.39, 0.29) is 5.91 Å². The number of halogens is 2. The molecule has 3 N–H and O–H groups in total. The van der Waals surface area contributed by atoms with E-state index < -0.39 is 17.7 Å². The molecule has 1 amide bonds. The zero-order valence-electron chi connectivity index (χ0n) is 19.3. The molecular weight excluding hydrogens is 460 g/mol. The number of hydrazone groups is 1. The average Bonchev–Trinajstić information content (AvgIpc) is 3.48. The van der Waals surface area contributed by atoms with Crippen LogP contribution in [0.5, 0.6) is 0 Å². The van der Waals surface area contributed by atoms with Gasteiger partial charge in [-0.3, -0.25) is 4.79 Å². The van der Waals surface area contributed by atoms with Gasteiger partial charge in [0.2, 0.25) is 5.91 Å². The van der Waals surface area contributed by atoms with E-state index in [0.29, 0.717) is 34.6 Å². The molecular formula is C28H21F2N5O. The van der Waals surface area contributed by atoms with Crippen LogP contribution >= 0.6 is 0 Å². The lowest BCUT2D eigenvalue weighted by molar-refractivity contribution is -0.130. The number of nitrogen functional groups attached to an aromatic ring is 1. The summed E-state index contributed by atoms with van der Waals surface area (Å²) in [5.74, 6) is -2.10. The lowest BCUT2D eigenvalue weighted by Gasteiger charge is -2.20. The Balaban J connectivity index is 1.54. The quantitative estimate of drug-likeness (QED) is 0.313. The second kappa shape index (κ2) is 8.27. The number of rotatable bonds is 3. The van der Waals surface area contributed by atoms with Gasteiger partial charge in [-0.1, -0.05) is 30.3 Å². The van der Waals surface area contributed by atoms with Gasteiger partial charge >= 0.3 is 0 Å². The predicted octanol–water partition coefficient (Wildman–Crippen LogP) is 5.94. The number of benzene rings is 3. The minimum absolute atomic E-state index is 0.222. The third-order valence-electron chi connectivity index (χ3n) is 6.53. The molecule has 5 aromatic rings. The van der Waals surface area contributed by atoms with Crippen LogP contribution in [-0.4, -0.2) is 26.6 Å². The molecule has 8 heteroatoms. The lowest BCUT2D eigenvalue weighted by Crippen LogP contribution is -2.25. The Kier molecular flexibility index (Phi) is 5.03. The van der Waals surface area contributed by atoms with Crippen LogP contribution in [-0.2, 0) is 4.79 Å². The highest BCUT2D eigenvalue weighted by atomic mass is 19.2. The topological polar surface area (TPSA) is 87.4 Å². The smallest absolute Gasteiger partial charge is 0.240 e. The van der Waals surface area contributed by atoms with Crippen molar-refractivity contribution in [3.63, 3.8) is 0 Å². The van der Waals surface area contributed by atoms with Crippen LogP contribution in [0.4, 0.5) is 14.5 Å². The van der Waals surface area contributed by atoms with Crippen molar-refractivity contribution in [3.8, 4) is 11.3 Å². The predicted molar refractivity (Wildman–Crippen MR) is 136 cm³/mol. The van der Waals surface area contributed by atoms with Gasteiger partial charge in [0, 0.05) is 40.9 Å². The van der Waals surface area contributed by atoms with Crippen molar-refractivity contribution in [3.05, 3.63) is 95.7 Å². The van der Waals surface area contributed by atoms with E-state index >= 15 is 0 Å². The van der Waals surface area contributed by atoms with E-state index in [1.165, 1.54) is 18.0 Å². The number of carbonyl (C=O) groups is 1. The number of anilines is 1. The molecule has 0 saturated carbocycles. The fourth-order valence-electron chi connectivity index (χ4n) is 4.77. The molecule has 0 saturated heterocycles. The van der Waals surface area contributed by atoms with Crippen LogP contribution in [0.25, 0.3) is 33.1 Å². The Labute approximate surface area is 205 Å². The van der Waals surface area contributed by atoms with Gasteiger partial charge in [0.15, 0.2) is 11.6 Å². The summed E-state index contributed by atoms with van der Waals surface area (Å²) in [5.41, 5.74) is 11.2. The maximum absolute atomic E-state index is 14.2. The van der Waals surface area contributed by atoms with Crippen molar-refractivity contribution in [2.75, 3.05) is 5.73 Å². The number of aromatic nitrogens is 2. The summed E-state index contributed by atoms with van der Waals surface area (Å²) < 4.78 is 27.9. The zero-order chi connectivity index (χ0) is 25.0. The number of pyridine rings is 1. The molecule has 3 aromatic carbocycles. The van der Waals surface area contributed by atoms with E-state index in [1.54, 1.807) is 12.1 Å². The van der Waals surface area contributed by atoms with Crippen LogP contribution < -0.4 is 5.73 Å². The summed E-state index contributed by atoms with van der Waals surface area (Å²) >= 11 is 0. The molecule has 0 fully saturated rings. The Morgan fingerprint density at radius 2 is 1.72 bits per heavy atom. The molecule has 6 rings (SSSR count). The van der Waals surface area contributed by atoms with E-state index in [0.717, 1.165) is 39.7 Å². The van der Waals surface area contributed by atoms with Crippen molar-refractivity contribution in [2.24, 2.45) is 5.10 Å². The number of H-pyrrole nitrogens is 1. The lowest BCUT2D eigenvalue weighted by atomic mass is 9.99. The summed E-state index contributed by atoms with van der Waals surface area (Å²) in [6, 6.07) is 20.3. The number of amides is 1. The number of nitrogens with zero attached hydrogens (tertiary/aromatic N) is 3. The van der Waals surface area contributed by atoms with Gasteiger partial charge in [-0.15, -0.1) is 0 Å². The molecule has 1 aliphatic heterocycles. The molecule has 0 spiro atoms. The number of aromatic amines is 1. The number of nitrogens with one attached hydrogen (secondary N) is 1. The molecule has 1 aliphatic rings. The van der Waals surface area contributed by atoms with Crippen molar-refractivity contribution in [2.45, 2.75) is 19.4 Å². The second-order valence-corrected chi connectivity index (χ2v) is 8.87. The maximum atomic E-state index is 14.2. The van der Waals surface area contributed by atoms with Crippen LogP contribution in [0.1, 0.15) is 30.6 Å². The zero-order valence-corrected chi connectivity index (χ0v) is 19.3. The van der Waals surface area contributed by atoms with Crippen LogP contribution in [0, 0.1) is 11.6 Å². The third-order valence-corrected chi connectivity index (χ3v) is 6.53. The van der Waals surface area contributed by atoms with Gasteiger partial charge in [-0.05, 0) is 48.0 Å². The van der Waals surface area contributed by atoms with Crippen LogP contribution in [0.15, 0.2) is 77.9 Å². The molecule has 1 unspecified atom stereocenters. The second-order valence-electron chi connectivity index (χ2n) is 8.87. The first-order chi connectivity index (χ1) is 17.4. The third kappa shape index (κ3) is 3.58. The van der Waals surface area contributed by atoms with Gasteiger partial charge in [0.1, 0.15) is 6.04 Å². The highest BCUT2D eigenvalue weighted by Crippen LogP contribution is 2.38. The van der Waals surface area contributed by atoms with Crippen LogP contribution in [0.3, 0.4) is 0 Å². The van der Waals surface area contributed by atoms with E-state index in [4.69, 9.17) is 10.7 Å². The Morgan fingerprint density at radius 1 is 0.972 bits per heavy atom. The van der Waals surface area contributed by atoms with Crippen molar-refractivity contribution < 1.29 is 13.6 Å². The molecule has 1 atom stereocenters. The molecule has 2 aromatic heterocycles. The van der Waals surface area contributed by atoms with Gasteiger partial charge in [0.05, 0.1) is 22.6 Å². The van der Waals surface area contributed by atoms with Crippen molar-refractivity contribution in [1.82, 2.24) is 15.0 Å². The number of hydrogen-bond acceptors (Lipinski definition) is 4. The van der Waals surface area contributed by atoms with Gasteiger partial charge < -0.3 is 10.7 Å². The summed E-state index contributed by atoms with van der Waals surface area (Å²) in [4.78, 5) is 20.9. The van der Waals surface area contributed by atoms with Crippen LogP contribution in [0.2, 0.25) is 0 Å². The molecule has 0 radical (unpaired) electrons. The summed E-state index contributed by atoms with van der Waals surface area (Å²) in [7, 11) is 0. The molecule has 0 bridgehead atoms.